The van der Waals surface area contributed by atoms with Crippen LogP contribution in [0.3, 0.4) is 0 Å². The molecule has 1 aliphatic rings. The Hall–Kier alpha value is -2.44. The van der Waals surface area contributed by atoms with Gasteiger partial charge in [0.25, 0.3) is 5.91 Å². The summed E-state index contributed by atoms with van der Waals surface area (Å²) in [7, 11) is 0. The minimum Gasteiger partial charge on any atom is -0.490 e. The molecule has 2 N–H and O–H groups in total. The first-order valence-electron chi connectivity index (χ1n) is 7.98. The summed E-state index contributed by atoms with van der Waals surface area (Å²) in [6.45, 7) is 2.71. The summed E-state index contributed by atoms with van der Waals surface area (Å²) < 4.78 is 11.6. The average molecular weight is 389 g/mol. The van der Waals surface area contributed by atoms with Gasteiger partial charge in [-0.05, 0) is 48.0 Å². The number of amides is 1. The molecule has 134 valence electrons. The monoisotopic (exact) mass is 388 g/mol. The first-order chi connectivity index (χ1) is 12.6. The molecule has 0 bridgehead atoms. The van der Waals surface area contributed by atoms with Crippen LogP contribution in [-0.2, 0) is 11.4 Å². The molecule has 1 aliphatic heterocycles. The van der Waals surface area contributed by atoms with Crippen LogP contribution in [0.2, 0.25) is 5.02 Å². The standard InChI is InChI=1S/C19H17ClN2O3S/c1-2-24-15-9-13(10-16-18(23)22-19(21)26-16)8-14(20)17(15)25-11-12-6-4-3-5-7-12/h3-10H,2,11H2,1H3,(H2,21,22,23)/b16-10-. The zero-order chi connectivity index (χ0) is 18.5. The van der Waals surface area contributed by atoms with Gasteiger partial charge in [-0.2, -0.15) is 4.99 Å². The number of carbonyl (C=O) groups excluding carboxylic acids is 1. The molecule has 26 heavy (non-hydrogen) atoms. The van der Waals surface area contributed by atoms with Crippen LogP contribution in [-0.4, -0.2) is 17.7 Å². The van der Waals surface area contributed by atoms with Gasteiger partial charge in [0.1, 0.15) is 6.61 Å². The van der Waals surface area contributed by atoms with Gasteiger partial charge in [-0.15, -0.1) is 0 Å². The summed E-state index contributed by atoms with van der Waals surface area (Å²) in [5.74, 6) is 0.638. The van der Waals surface area contributed by atoms with Crippen molar-refractivity contribution < 1.29 is 14.3 Å². The highest BCUT2D eigenvalue weighted by Gasteiger charge is 2.20. The third-order valence-corrected chi connectivity index (χ3v) is 4.59. The number of hydrogen-bond acceptors (Lipinski definition) is 5. The summed E-state index contributed by atoms with van der Waals surface area (Å²) >= 11 is 7.54. The van der Waals surface area contributed by atoms with Crippen molar-refractivity contribution in [3.8, 4) is 11.5 Å². The Morgan fingerprint density at radius 3 is 2.65 bits per heavy atom. The lowest BCUT2D eigenvalue weighted by molar-refractivity contribution is -0.113. The zero-order valence-corrected chi connectivity index (χ0v) is 15.6. The van der Waals surface area contributed by atoms with Gasteiger partial charge in [0.05, 0.1) is 16.5 Å². The zero-order valence-electron chi connectivity index (χ0n) is 14.1. The normalized spacial score (nSPS) is 15.2. The van der Waals surface area contributed by atoms with Crippen molar-refractivity contribution in [3.05, 3.63) is 63.5 Å². The van der Waals surface area contributed by atoms with Crippen LogP contribution < -0.4 is 15.2 Å². The summed E-state index contributed by atoms with van der Waals surface area (Å²) in [5, 5.41) is 0.642. The lowest BCUT2D eigenvalue weighted by Gasteiger charge is -2.14. The molecule has 0 saturated carbocycles. The van der Waals surface area contributed by atoms with Crippen LogP contribution in [0, 0.1) is 0 Å². The van der Waals surface area contributed by atoms with Gasteiger partial charge in [0.2, 0.25) is 0 Å². The third kappa shape index (κ3) is 4.39. The van der Waals surface area contributed by atoms with E-state index < -0.39 is 0 Å². The Balaban J connectivity index is 1.86. The van der Waals surface area contributed by atoms with Gasteiger partial charge in [0, 0.05) is 0 Å². The van der Waals surface area contributed by atoms with Crippen molar-refractivity contribution >= 4 is 40.5 Å². The number of hydrogen-bond donors (Lipinski definition) is 1. The summed E-state index contributed by atoms with van der Waals surface area (Å²) in [4.78, 5) is 15.9. The predicted octanol–water partition coefficient (Wildman–Crippen LogP) is 4.25. The number of halogens is 1. The number of rotatable bonds is 6. The number of benzene rings is 2. The quantitative estimate of drug-likeness (QED) is 0.749. The molecule has 2 aromatic rings. The number of aliphatic imine (C=N–C) groups is 1. The SMILES string of the molecule is CCOc1cc(/C=C2\SC(N)=NC2=O)cc(Cl)c1OCc1ccccc1. The number of nitrogens with zero attached hydrogens (tertiary/aromatic N) is 1. The highest BCUT2D eigenvalue weighted by Crippen LogP contribution is 2.38. The van der Waals surface area contributed by atoms with E-state index in [1.807, 2.05) is 37.3 Å². The lowest BCUT2D eigenvalue weighted by Crippen LogP contribution is -2.01. The fraction of sp³-hybridized carbons (Fsp3) is 0.158. The van der Waals surface area contributed by atoms with E-state index in [-0.39, 0.29) is 11.1 Å². The maximum Gasteiger partial charge on any atom is 0.286 e. The van der Waals surface area contributed by atoms with Crippen molar-refractivity contribution in [1.29, 1.82) is 0 Å². The van der Waals surface area contributed by atoms with E-state index in [9.17, 15) is 4.79 Å². The molecule has 0 saturated heterocycles. The van der Waals surface area contributed by atoms with Crippen LogP contribution in [0.4, 0.5) is 0 Å². The van der Waals surface area contributed by atoms with Gasteiger partial charge in [0.15, 0.2) is 16.7 Å². The molecule has 7 heteroatoms. The van der Waals surface area contributed by atoms with Gasteiger partial charge in [-0.3, -0.25) is 4.79 Å². The molecule has 1 amide bonds. The van der Waals surface area contributed by atoms with E-state index in [1.54, 1.807) is 18.2 Å². The molecule has 2 aromatic carbocycles. The molecule has 0 aliphatic carbocycles. The van der Waals surface area contributed by atoms with E-state index in [2.05, 4.69) is 4.99 Å². The second-order valence-corrected chi connectivity index (χ2v) is 6.87. The van der Waals surface area contributed by atoms with Gasteiger partial charge in [-0.25, -0.2) is 0 Å². The molecular weight excluding hydrogens is 372 g/mol. The Labute approximate surface area is 160 Å². The Kier molecular flexibility index (Phi) is 5.85. The number of ether oxygens (including phenoxy) is 2. The maximum atomic E-state index is 11.8. The summed E-state index contributed by atoms with van der Waals surface area (Å²) in [6.07, 6.45) is 1.69. The molecule has 0 fully saturated rings. The van der Waals surface area contributed by atoms with Gasteiger partial charge >= 0.3 is 0 Å². The molecule has 0 atom stereocenters. The van der Waals surface area contributed by atoms with Crippen molar-refractivity contribution in [2.24, 2.45) is 10.7 Å². The van der Waals surface area contributed by atoms with Gasteiger partial charge < -0.3 is 15.2 Å². The third-order valence-electron chi connectivity index (χ3n) is 3.49. The fourth-order valence-corrected chi connectivity index (χ4v) is 3.34. The Bertz CT molecular complexity index is 882. The largest absolute Gasteiger partial charge is 0.490 e. The van der Waals surface area contributed by atoms with Crippen LogP contribution in [0.5, 0.6) is 11.5 Å². The van der Waals surface area contributed by atoms with Crippen molar-refractivity contribution in [2.75, 3.05) is 6.61 Å². The van der Waals surface area contributed by atoms with Crippen LogP contribution in [0.15, 0.2) is 52.4 Å². The first kappa shape index (κ1) is 18.4. The van der Waals surface area contributed by atoms with E-state index in [4.69, 9.17) is 26.8 Å². The number of amidine groups is 1. The number of thioether (sulfide) groups is 1. The molecule has 0 unspecified atom stereocenters. The van der Waals surface area contributed by atoms with E-state index in [0.29, 0.717) is 40.2 Å². The predicted molar refractivity (Wildman–Crippen MR) is 106 cm³/mol. The minimum atomic E-state index is -0.356. The molecular formula is C19H17ClN2O3S. The minimum absolute atomic E-state index is 0.236. The topological polar surface area (TPSA) is 73.9 Å². The maximum absolute atomic E-state index is 11.8. The highest BCUT2D eigenvalue weighted by atomic mass is 35.5. The van der Waals surface area contributed by atoms with Crippen LogP contribution in [0.1, 0.15) is 18.1 Å². The molecule has 0 spiro atoms. The second-order valence-electron chi connectivity index (χ2n) is 5.40. The van der Waals surface area contributed by atoms with E-state index in [1.165, 1.54) is 0 Å². The number of carbonyl (C=O) groups is 1. The van der Waals surface area contributed by atoms with Gasteiger partial charge in [-0.1, -0.05) is 41.9 Å². The smallest absolute Gasteiger partial charge is 0.286 e. The van der Waals surface area contributed by atoms with Crippen LogP contribution >= 0.6 is 23.4 Å². The fourth-order valence-electron chi connectivity index (χ4n) is 2.38. The Morgan fingerprint density at radius 1 is 1.23 bits per heavy atom. The van der Waals surface area contributed by atoms with Crippen molar-refractivity contribution in [1.82, 2.24) is 0 Å². The summed E-state index contributed by atoms with van der Waals surface area (Å²) in [5.41, 5.74) is 7.32. The van der Waals surface area contributed by atoms with E-state index in [0.717, 1.165) is 17.3 Å². The van der Waals surface area contributed by atoms with Crippen LogP contribution in [0.25, 0.3) is 6.08 Å². The number of nitrogens with two attached hydrogens (primary N) is 1. The average Bonchev–Trinajstić information content (AvgIpc) is 2.92. The summed E-state index contributed by atoms with van der Waals surface area (Å²) in [6, 6.07) is 13.3. The molecule has 1 heterocycles. The molecule has 3 rings (SSSR count). The Morgan fingerprint density at radius 2 is 2.00 bits per heavy atom. The van der Waals surface area contributed by atoms with Crippen molar-refractivity contribution in [2.45, 2.75) is 13.5 Å². The second kappa shape index (κ2) is 8.29. The highest BCUT2D eigenvalue weighted by molar-refractivity contribution is 8.18. The molecule has 0 radical (unpaired) electrons. The lowest BCUT2D eigenvalue weighted by atomic mass is 10.1. The molecule has 0 aromatic heterocycles. The van der Waals surface area contributed by atoms with E-state index >= 15 is 0 Å². The van der Waals surface area contributed by atoms with Crippen molar-refractivity contribution in [3.63, 3.8) is 0 Å². The first-order valence-corrected chi connectivity index (χ1v) is 9.17. The molecule has 5 nitrogen and oxygen atoms in total.